The molecule has 17 heavy (non-hydrogen) atoms. The lowest BCUT2D eigenvalue weighted by molar-refractivity contribution is -0.144. The minimum atomic E-state index is -1.03. The van der Waals surface area contributed by atoms with Gasteiger partial charge in [0.25, 0.3) is 0 Å². The first-order chi connectivity index (χ1) is 8.00. The summed E-state index contributed by atoms with van der Waals surface area (Å²) in [5.41, 5.74) is 0. The third-order valence-electron chi connectivity index (χ3n) is 3.00. The Labute approximate surface area is 99.0 Å². The molecule has 0 radical (unpaired) electrons. The van der Waals surface area contributed by atoms with Gasteiger partial charge < -0.3 is 15.5 Å². The molecular weight excluding hydrogens is 226 g/mol. The summed E-state index contributed by atoms with van der Waals surface area (Å²) in [6, 6.07) is -0.359. The quantitative estimate of drug-likeness (QED) is 0.656. The Balaban J connectivity index is 2.44. The number of rotatable bonds is 5. The Morgan fingerprint density at radius 1 is 1.06 bits per heavy atom. The van der Waals surface area contributed by atoms with E-state index in [9.17, 15) is 14.4 Å². The average Bonchev–Trinajstić information content (AvgIpc) is 2.27. The molecule has 2 atom stereocenters. The van der Waals surface area contributed by atoms with Gasteiger partial charge in [-0.05, 0) is 12.8 Å². The Bertz CT molecular complexity index is 315. The minimum Gasteiger partial charge on any atom is -0.481 e. The summed E-state index contributed by atoms with van der Waals surface area (Å²) in [7, 11) is 0. The van der Waals surface area contributed by atoms with Gasteiger partial charge in [0.2, 0.25) is 5.91 Å². The maximum Gasteiger partial charge on any atom is 0.308 e. The molecule has 0 saturated heterocycles. The van der Waals surface area contributed by atoms with Gasteiger partial charge in [0.1, 0.15) is 0 Å². The molecule has 6 heteroatoms. The van der Waals surface area contributed by atoms with Gasteiger partial charge in [0.15, 0.2) is 0 Å². The van der Waals surface area contributed by atoms with Crippen molar-refractivity contribution in [2.24, 2.45) is 5.92 Å². The zero-order valence-electron chi connectivity index (χ0n) is 9.52. The van der Waals surface area contributed by atoms with Crippen molar-refractivity contribution in [1.82, 2.24) is 5.32 Å². The van der Waals surface area contributed by atoms with E-state index in [1.165, 1.54) is 0 Å². The molecular formula is C11H17NO5. The number of carbonyl (C=O) groups is 3. The zero-order valence-corrected chi connectivity index (χ0v) is 9.52. The van der Waals surface area contributed by atoms with Crippen LogP contribution in [0, 0.1) is 5.92 Å². The molecule has 6 nitrogen and oxygen atoms in total. The summed E-state index contributed by atoms with van der Waals surface area (Å²) >= 11 is 0. The largest absolute Gasteiger partial charge is 0.481 e. The molecule has 1 aliphatic rings. The van der Waals surface area contributed by atoms with Gasteiger partial charge in [-0.25, -0.2) is 0 Å². The van der Waals surface area contributed by atoms with E-state index in [4.69, 9.17) is 10.2 Å². The number of carbonyl (C=O) groups excluding carboxylic acids is 1. The monoisotopic (exact) mass is 243 g/mol. The third-order valence-corrected chi connectivity index (χ3v) is 3.00. The molecule has 1 aliphatic carbocycles. The summed E-state index contributed by atoms with van der Waals surface area (Å²) in [6.45, 7) is 0. The topological polar surface area (TPSA) is 104 Å². The molecule has 0 unspecified atom stereocenters. The Morgan fingerprint density at radius 2 is 1.71 bits per heavy atom. The minimum absolute atomic E-state index is 0.0990. The van der Waals surface area contributed by atoms with Crippen LogP contribution in [0.3, 0.4) is 0 Å². The second-order valence-corrected chi connectivity index (χ2v) is 4.30. The lowest BCUT2D eigenvalue weighted by Crippen LogP contribution is -2.45. The van der Waals surface area contributed by atoms with Crippen LogP contribution in [-0.4, -0.2) is 34.1 Å². The van der Waals surface area contributed by atoms with Crippen molar-refractivity contribution in [3.63, 3.8) is 0 Å². The molecule has 1 fully saturated rings. The fourth-order valence-corrected chi connectivity index (χ4v) is 2.10. The fraction of sp³-hybridized carbons (Fsp3) is 0.727. The first-order valence-electron chi connectivity index (χ1n) is 5.74. The standard InChI is InChI=1S/C11H17NO5/c13-9(5-6-10(14)15)12-8-4-2-1-3-7(8)11(16)17/h7-8H,1-6H2,(H,12,13)(H,14,15)(H,16,17)/t7-,8+/m0/s1. The second kappa shape index (κ2) is 6.22. The van der Waals surface area contributed by atoms with Gasteiger partial charge in [-0.15, -0.1) is 0 Å². The second-order valence-electron chi connectivity index (χ2n) is 4.30. The molecule has 0 bridgehead atoms. The van der Waals surface area contributed by atoms with Crippen molar-refractivity contribution in [2.45, 2.75) is 44.6 Å². The van der Waals surface area contributed by atoms with Crippen LogP contribution >= 0.6 is 0 Å². The average molecular weight is 243 g/mol. The lowest BCUT2D eigenvalue weighted by Gasteiger charge is -2.29. The van der Waals surface area contributed by atoms with Crippen LogP contribution in [0.4, 0.5) is 0 Å². The number of aliphatic carboxylic acids is 2. The highest BCUT2D eigenvalue weighted by Gasteiger charge is 2.31. The van der Waals surface area contributed by atoms with E-state index in [1.54, 1.807) is 0 Å². The number of amides is 1. The van der Waals surface area contributed by atoms with Crippen LogP contribution in [0.15, 0.2) is 0 Å². The number of carboxylic acids is 2. The van der Waals surface area contributed by atoms with E-state index in [0.717, 1.165) is 12.8 Å². The molecule has 96 valence electrons. The summed E-state index contributed by atoms with van der Waals surface area (Å²) < 4.78 is 0. The van der Waals surface area contributed by atoms with Gasteiger partial charge in [0.05, 0.1) is 12.3 Å². The molecule has 3 N–H and O–H groups in total. The molecule has 0 spiro atoms. The predicted octanol–water partition coefficient (Wildman–Crippen LogP) is 0.611. The molecule has 0 aromatic rings. The van der Waals surface area contributed by atoms with Crippen molar-refractivity contribution >= 4 is 17.8 Å². The number of carboxylic acid groups (broad SMARTS) is 2. The van der Waals surface area contributed by atoms with Crippen LogP contribution in [0.5, 0.6) is 0 Å². The molecule has 1 amide bonds. The zero-order chi connectivity index (χ0) is 12.8. The first kappa shape index (κ1) is 13.5. The first-order valence-corrected chi connectivity index (χ1v) is 5.74. The number of nitrogens with one attached hydrogen (secondary N) is 1. The lowest BCUT2D eigenvalue weighted by atomic mass is 9.84. The van der Waals surface area contributed by atoms with E-state index >= 15 is 0 Å². The van der Waals surface area contributed by atoms with Crippen LogP contribution in [0.2, 0.25) is 0 Å². The van der Waals surface area contributed by atoms with E-state index in [0.29, 0.717) is 12.8 Å². The molecule has 1 saturated carbocycles. The van der Waals surface area contributed by atoms with E-state index in [2.05, 4.69) is 5.32 Å². The van der Waals surface area contributed by atoms with Crippen molar-refractivity contribution in [2.75, 3.05) is 0 Å². The summed E-state index contributed by atoms with van der Waals surface area (Å²) in [4.78, 5) is 32.7. The highest BCUT2D eigenvalue weighted by Crippen LogP contribution is 2.24. The summed E-state index contributed by atoms with van der Waals surface area (Å²) in [6.07, 6.45) is 2.65. The predicted molar refractivity (Wildman–Crippen MR) is 58.4 cm³/mol. The fourth-order valence-electron chi connectivity index (χ4n) is 2.10. The summed E-state index contributed by atoms with van der Waals surface area (Å²) in [5, 5.41) is 20.1. The highest BCUT2D eigenvalue weighted by atomic mass is 16.4. The van der Waals surface area contributed by atoms with Gasteiger partial charge in [-0.3, -0.25) is 14.4 Å². The normalized spacial score (nSPS) is 24.0. The maximum absolute atomic E-state index is 11.4. The van der Waals surface area contributed by atoms with E-state index in [-0.39, 0.29) is 24.8 Å². The van der Waals surface area contributed by atoms with Gasteiger partial charge in [-0.2, -0.15) is 0 Å². The number of hydrogen-bond acceptors (Lipinski definition) is 3. The van der Waals surface area contributed by atoms with Crippen LogP contribution in [0.25, 0.3) is 0 Å². The SMILES string of the molecule is O=C(O)CCC(=O)N[C@@H]1CCCC[C@@H]1C(=O)O. The van der Waals surface area contributed by atoms with E-state index in [1.807, 2.05) is 0 Å². The van der Waals surface area contributed by atoms with E-state index < -0.39 is 17.9 Å². The highest BCUT2D eigenvalue weighted by molar-refractivity contribution is 5.81. The smallest absolute Gasteiger partial charge is 0.308 e. The van der Waals surface area contributed by atoms with Crippen molar-refractivity contribution in [3.05, 3.63) is 0 Å². The Morgan fingerprint density at radius 3 is 2.29 bits per heavy atom. The molecule has 0 aromatic heterocycles. The molecule has 0 aliphatic heterocycles. The molecule has 0 heterocycles. The van der Waals surface area contributed by atoms with Crippen LogP contribution in [-0.2, 0) is 14.4 Å². The van der Waals surface area contributed by atoms with Crippen LogP contribution in [0.1, 0.15) is 38.5 Å². The Kier molecular flexibility index (Phi) is 4.93. The van der Waals surface area contributed by atoms with Crippen molar-refractivity contribution in [3.8, 4) is 0 Å². The molecule has 1 rings (SSSR count). The number of hydrogen-bond donors (Lipinski definition) is 3. The Hall–Kier alpha value is -1.59. The van der Waals surface area contributed by atoms with Gasteiger partial charge >= 0.3 is 11.9 Å². The van der Waals surface area contributed by atoms with Gasteiger partial charge in [-0.1, -0.05) is 12.8 Å². The third kappa shape index (κ3) is 4.42. The summed E-state index contributed by atoms with van der Waals surface area (Å²) in [5.74, 6) is -2.85. The van der Waals surface area contributed by atoms with Gasteiger partial charge in [0, 0.05) is 12.5 Å². The van der Waals surface area contributed by atoms with Crippen LogP contribution < -0.4 is 5.32 Å². The maximum atomic E-state index is 11.4. The van der Waals surface area contributed by atoms with Crippen molar-refractivity contribution < 1.29 is 24.6 Å². The molecule has 0 aromatic carbocycles. The van der Waals surface area contributed by atoms with Crippen molar-refractivity contribution in [1.29, 1.82) is 0 Å².